The summed E-state index contributed by atoms with van der Waals surface area (Å²) in [5.41, 5.74) is 1.94. The first-order valence-corrected chi connectivity index (χ1v) is 8.61. The Kier molecular flexibility index (Phi) is 4.17. The Morgan fingerprint density at radius 3 is 2.86 bits per heavy atom. The van der Waals surface area contributed by atoms with Gasteiger partial charge < -0.3 is 4.57 Å². The summed E-state index contributed by atoms with van der Waals surface area (Å²) in [5.74, 6) is 0.000674. The molecule has 22 heavy (non-hydrogen) atoms. The van der Waals surface area contributed by atoms with Gasteiger partial charge in [0.25, 0.3) is 5.91 Å². The molecule has 0 spiro atoms. The van der Waals surface area contributed by atoms with Gasteiger partial charge in [-0.05, 0) is 43.8 Å². The van der Waals surface area contributed by atoms with E-state index >= 15 is 0 Å². The first kappa shape index (κ1) is 15.1. The van der Waals surface area contributed by atoms with Crippen LogP contribution in [-0.4, -0.2) is 32.1 Å². The van der Waals surface area contributed by atoms with Crippen LogP contribution in [0.3, 0.4) is 0 Å². The van der Waals surface area contributed by atoms with Gasteiger partial charge >= 0.3 is 0 Å². The first-order chi connectivity index (χ1) is 10.6. The molecular weight excluding hydrogens is 316 g/mol. The lowest BCUT2D eigenvalue weighted by Gasteiger charge is -2.11. The summed E-state index contributed by atoms with van der Waals surface area (Å²) >= 11 is 2.89. The molecule has 0 saturated carbocycles. The van der Waals surface area contributed by atoms with E-state index in [0.717, 1.165) is 11.4 Å². The minimum absolute atomic E-state index is 0.000674. The second kappa shape index (κ2) is 6.10. The number of thioether (sulfide) groups is 1. The molecule has 0 aliphatic carbocycles. The summed E-state index contributed by atoms with van der Waals surface area (Å²) in [6.45, 7) is 4.48. The fourth-order valence-corrected chi connectivity index (χ4v) is 3.85. The smallest absolute Gasteiger partial charge is 0.266 e. The maximum atomic E-state index is 12.5. The summed E-state index contributed by atoms with van der Waals surface area (Å²) in [6, 6.07) is 3.94. The molecule has 0 N–H and O–H groups in total. The molecule has 2 aromatic rings. The van der Waals surface area contributed by atoms with Crippen LogP contribution in [0, 0.1) is 6.92 Å². The molecule has 3 heterocycles. The lowest BCUT2D eigenvalue weighted by molar-refractivity contribution is -0.122. The highest BCUT2D eigenvalue weighted by atomic mass is 32.2. The molecule has 0 unspecified atom stereocenters. The first-order valence-electron chi connectivity index (χ1n) is 6.92. The maximum Gasteiger partial charge on any atom is 0.266 e. The molecule has 1 amide bonds. The lowest BCUT2D eigenvalue weighted by Crippen LogP contribution is -2.28. The van der Waals surface area contributed by atoms with Crippen molar-refractivity contribution in [2.75, 3.05) is 6.54 Å². The summed E-state index contributed by atoms with van der Waals surface area (Å²) < 4.78 is 1.98. The third-order valence-electron chi connectivity index (χ3n) is 3.27. The van der Waals surface area contributed by atoms with Crippen LogP contribution >= 0.6 is 23.1 Å². The Morgan fingerprint density at radius 1 is 1.45 bits per heavy atom. The highest BCUT2D eigenvalue weighted by Crippen LogP contribution is 2.34. The molecule has 1 aliphatic heterocycles. The Morgan fingerprint density at radius 2 is 2.27 bits per heavy atom. The molecular formula is C15H16N4OS2. The van der Waals surface area contributed by atoms with E-state index in [2.05, 4.69) is 9.98 Å². The third-order valence-corrected chi connectivity index (χ3v) is 5.12. The lowest BCUT2D eigenvalue weighted by atomic mass is 10.3. The molecule has 1 saturated heterocycles. The molecule has 0 atom stereocenters. The van der Waals surface area contributed by atoms with Crippen molar-refractivity contribution in [2.24, 2.45) is 12.0 Å². The van der Waals surface area contributed by atoms with Crippen LogP contribution in [0.15, 0.2) is 33.6 Å². The standard InChI is InChI=1S/C15H16N4OS2/c1-4-19-13(20)12(8-11-6-5-7-18(11)3)22-15(19)17-14-16-10(2)9-21-14/h5-9H,4H2,1-3H3/b12-8+,17-15+. The van der Waals surface area contributed by atoms with Crippen LogP contribution in [0.4, 0.5) is 5.13 Å². The molecule has 5 nitrogen and oxygen atoms in total. The molecule has 7 heteroatoms. The van der Waals surface area contributed by atoms with Gasteiger partial charge in [0, 0.05) is 30.9 Å². The number of nitrogens with zero attached hydrogens (tertiary/aromatic N) is 4. The minimum Gasteiger partial charge on any atom is -0.351 e. The number of carbonyl (C=O) groups is 1. The van der Waals surface area contributed by atoms with Gasteiger partial charge in [-0.25, -0.2) is 4.98 Å². The fourth-order valence-electron chi connectivity index (χ4n) is 2.10. The van der Waals surface area contributed by atoms with Gasteiger partial charge in [0.2, 0.25) is 5.13 Å². The molecule has 0 bridgehead atoms. The van der Waals surface area contributed by atoms with Gasteiger partial charge in [-0.2, -0.15) is 4.99 Å². The van der Waals surface area contributed by atoms with Crippen molar-refractivity contribution < 1.29 is 4.79 Å². The average Bonchev–Trinajstić information content (AvgIpc) is 3.14. The molecule has 1 fully saturated rings. The van der Waals surface area contributed by atoms with Crippen molar-refractivity contribution in [3.05, 3.63) is 40.0 Å². The fraction of sp³-hybridized carbons (Fsp3) is 0.267. The summed E-state index contributed by atoms with van der Waals surface area (Å²) in [5, 5.41) is 3.34. The number of hydrogen-bond donors (Lipinski definition) is 0. The van der Waals surface area contributed by atoms with E-state index in [4.69, 9.17) is 0 Å². The second-order valence-corrected chi connectivity index (χ2v) is 6.72. The van der Waals surface area contributed by atoms with Crippen molar-refractivity contribution >= 4 is 45.4 Å². The van der Waals surface area contributed by atoms with Gasteiger partial charge in [0.05, 0.1) is 10.6 Å². The topological polar surface area (TPSA) is 50.5 Å². The number of carbonyl (C=O) groups excluding carboxylic acids is 1. The summed E-state index contributed by atoms with van der Waals surface area (Å²) in [6.07, 6.45) is 3.87. The zero-order valence-electron chi connectivity index (χ0n) is 12.6. The highest BCUT2D eigenvalue weighted by Gasteiger charge is 2.32. The Balaban J connectivity index is 1.94. The predicted octanol–water partition coefficient (Wildman–Crippen LogP) is 3.41. The van der Waals surface area contributed by atoms with Crippen LogP contribution in [0.5, 0.6) is 0 Å². The highest BCUT2D eigenvalue weighted by molar-refractivity contribution is 8.18. The maximum absolute atomic E-state index is 12.5. The van der Waals surface area contributed by atoms with Crippen LogP contribution in [-0.2, 0) is 11.8 Å². The van der Waals surface area contributed by atoms with Crippen molar-refractivity contribution in [3.8, 4) is 0 Å². The molecule has 114 valence electrons. The molecule has 0 aromatic carbocycles. The summed E-state index contributed by atoms with van der Waals surface area (Å²) in [4.78, 5) is 23.8. The van der Waals surface area contributed by atoms with Crippen LogP contribution < -0.4 is 0 Å². The van der Waals surface area contributed by atoms with Gasteiger partial charge in [-0.1, -0.05) is 0 Å². The monoisotopic (exact) mass is 332 g/mol. The number of aryl methyl sites for hydroxylation is 2. The van der Waals surface area contributed by atoms with E-state index in [1.54, 1.807) is 4.90 Å². The largest absolute Gasteiger partial charge is 0.351 e. The third kappa shape index (κ3) is 2.86. The van der Waals surface area contributed by atoms with Crippen LogP contribution in [0.25, 0.3) is 6.08 Å². The van der Waals surface area contributed by atoms with E-state index in [1.165, 1.54) is 23.1 Å². The SMILES string of the molecule is CCN1C(=O)/C(=C\c2cccn2C)S/C1=N/c1nc(C)cs1. The quantitative estimate of drug-likeness (QED) is 0.809. The molecule has 3 rings (SSSR count). The number of thiazole rings is 1. The zero-order valence-corrected chi connectivity index (χ0v) is 14.2. The predicted molar refractivity (Wildman–Crippen MR) is 92.3 cm³/mol. The van der Waals surface area contributed by atoms with Crippen molar-refractivity contribution in [2.45, 2.75) is 13.8 Å². The van der Waals surface area contributed by atoms with Crippen LogP contribution in [0.2, 0.25) is 0 Å². The Bertz CT molecular complexity index is 772. The number of hydrogen-bond acceptors (Lipinski definition) is 5. The van der Waals surface area contributed by atoms with E-state index in [-0.39, 0.29) is 5.91 Å². The normalized spacial score (nSPS) is 18.9. The Labute approximate surface area is 137 Å². The number of rotatable bonds is 3. The number of likely N-dealkylation sites (N-methyl/N-ethyl adjacent to an activating group) is 1. The van der Waals surface area contributed by atoms with E-state index in [9.17, 15) is 4.79 Å². The Hall–Kier alpha value is -1.86. The average molecular weight is 332 g/mol. The number of aromatic nitrogens is 2. The van der Waals surface area contributed by atoms with Crippen molar-refractivity contribution in [1.82, 2.24) is 14.5 Å². The van der Waals surface area contributed by atoms with Crippen molar-refractivity contribution in [1.29, 1.82) is 0 Å². The zero-order chi connectivity index (χ0) is 15.7. The second-order valence-electron chi connectivity index (χ2n) is 4.87. The van der Waals surface area contributed by atoms with Gasteiger partial charge in [-0.15, -0.1) is 11.3 Å². The molecule has 0 radical (unpaired) electrons. The van der Waals surface area contributed by atoms with E-state index in [0.29, 0.717) is 21.7 Å². The molecule has 1 aliphatic rings. The van der Waals surface area contributed by atoms with Crippen LogP contribution in [0.1, 0.15) is 18.3 Å². The number of amidine groups is 1. The van der Waals surface area contributed by atoms with E-state index < -0.39 is 0 Å². The van der Waals surface area contributed by atoms with E-state index in [1.807, 2.05) is 55.2 Å². The number of amides is 1. The van der Waals surface area contributed by atoms with Crippen molar-refractivity contribution in [3.63, 3.8) is 0 Å². The summed E-state index contributed by atoms with van der Waals surface area (Å²) in [7, 11) is 1.96. The number of aliphatic imine (C=N–C) groups is 1. The minimum atomic E-state index is 0.000674. The van der Waals surface area contributed by atoms with Gasteiger partial charge in [0.15, 0.2) is 5.17 Å². The van der Waals surface area contributed by atoms with Gasteiger partial charge in [0.1, 0.15) is 0 Å². The molecule has 2 aromatic heterocycles. The van der Waals surface area contributed by atoms with Gasteiger partial charge in [-0.3, -0.25) is 9.69 Å².